The normalized spacial score (nSPS) is 11.8. The molecule has 0 bridgehead atoms. The number of nitrogens with one attached hydrogen (secondary N) is 2. The number of amides is 4. The van der Waals surface area contributed by atoms with E-state index in [1.54, 1.807) is 0 Å². The van der Waals surface area contributed by atoms with E-state index in [2.05, 4.69) is 24.5 Å². The van der Waals surface area contributed by atoms with Gasteiger partial charge in [0.1, 0.15) is 0 Å². The summed E-state index contributed by atoms with van der Waals surface area (Å²) in [6, 6.07) is -0.952. The number of nitrogens with two attached hydrogens (primary N) is 1. The zero-order chi connectivity index (χ0) is 35.3. The van der Waals surface area contributed by atoms with Gasteiger partial charge < -0.3 is 5.73 Å². The first kappa shape index (κ1) is 46.2. The maximum Gasteiger partial charge on any atom is 0.243 e. The molecule has 1 atom stereocenters. The second-order valence-electron chi connectivity index (χ2n) is 14.4. The Bertz CT molecular complexity index is 773. The Morgan fingerprint density at radius 2 is 0.625 bits per heavy atom. The largest absolute Gasteiger partial charge is 0.320 e. The third-order valence-electron chi connectivity index (χ3n) is 9.58. The van der Waals surface area contributed by atoms with Crippen LogP contribution in [0.15, 0.2) is 0 Å². The molecule has 0 saturated carbocycles. The quantitative estimate of drug-likeness (QED) is 0.0570. The Labute approximate surface area is 296 Å². The van der Waals surface area contributed by atoms with E-state index in [9.17, 15) is 19.2 Å². The molecule has 7 heteroatoms. The molecule has 0 fully saturated rings. The van der Waals surface area contributed by atoms with Crippen molar-refractivity contribution >= 4 is 23.6 Å². The first-order valence-corrected chi connectivity index (χ1v) is 20.8. The van der Waals surface area contributed by atoms with Crippen molar-refractivity contribution in [2.75, 3.05) is 0 Å². The number of hydrogen-bond donors (Lipinski definition) is 3. The van der Waals surface area contributed by atoms with Crippen molar-refractivity contribution in [3.63, 3.8) is 0 Å². The average Bonchev–Trinajstić information content (AvgIpc) is 3.07. The molecule has 0 radical (unpaired) electrons. The molecular weight excluding hydrogens is 598 g/mol. The van der Waals surface area contributed by atoms with Crippen LogP contribution in [-0.4, -0.2) is 29.7 Å². The highest BCUT2D eigenvalue weighted by atomic mass is 16.2. The molecule has 0 aliphatic rings. The molecule has 7 nitrogen and oxygen atoms in total. The smallest absolute Gasteiger partial charge is 0.243 e. The van der Waals surface area contributed by atoms with E-state index in [0.717, 1.165) is 38.5 Å². The minimum Gasteiger partial charge on any atom is -0.320 e. The molecule has 282 valence electrons. The van der Waals surface area contributed by atoms with Crippen LogP contribution in [-0.2, 0) is 19.2 Å². The topological polar surface area (TPSA) is 118 Å². The van der Waals surface area contributed by atoms with Crippen molar-refractivity contribution in [1.82, 2.24) is 10.6 Å². The molecule has 4 N–H and O–H groups in total. The van der Waals surface area contributed by atoms with Crippen molar-refractivity contribution in [2.45, 2.75) is 238 Å². The first-order chi connectivity index (χ1) is 23.4. The van der Waals surface area contributed by atoms with Gasteiger partial charge in [0, 0.05) is 19.3 Å². The van der Waals surface area contributed by atoms with Gasteiger partial charge in [0.05, 0.1) is 6.04 Å². The zero-order valence-electron chi connectivity index (χ0n) is 31.8. The van der Waals surface area contributed by atoms with Crippen molar-refractivity contribution in [2.24, 2.45) is 5.73 Å². The number of rotatable bonds is 36. The molecule has 1 unspecified atom stereocenters. The predicted octanol–water partition coefficient (Wildman–Crippen LogP) is 10.9. The summed E-state index contributed by atoms with van der Waals surface area (Å²) in [4.78, 5) is 48.7. The van der Waals surface area contributed by atoms with Crippen LogP contribution in [0.3, 0.4) is 0 Å². The summed E-state index contributed by atoms with van der Waals surface area (Å²) in [6.07, 6.45) is 38.7. The van der Waals surface area contributed by atoms with Crippen LogP contribution < -0.4 is 16.4 Å². The predicted molar refractivity (Wildman–Crippen MR) is 203 cm³/mol. The van der Waals surface area contributed by atoms with E-state index in [1.165, 1.54) is 154 Å². The Morgan fingerprint density at radius 3 is 0.938 bits per heavy atom. The van der Waals surface area contributed by atoms with Gasteiger partial charge in [0.2, 0.25) is 23.6 Å². The molecule has 0 aromatic carbocycles. The highest BCUT2D eigenvalue weighted by Crippen LogP contribution is 2.15. The second-order valence-corrected chi connectivity index (χ2v) is 14.4. The monoisotopic (exact) mass is 678 g/mol. The number of carbonyl (C=O) groups is 4. The molecule has 48 heavy (non-hydrogen) atoms. The lowest BCUT2D eigenvalue weighted by atomic mass is 10.0. The number of hydrogen-bond acceptors (Lipinski definition) is 5. The third kappa shape index (κ3) is 34.1. The molecule has 0 aromatic rings. The van der Waals surface area contributed by atoms with Gasteiger partial charge in [0.15, 0.2) is 0 Å². The molecule has 0 saturated heterocycles. The standard InChI is InChI=1S/C41H79N3O4/c1-3-5-7-9-11-13-15-17-19-21-23-25-27-29-31-33-38(45)43-40(47)36-35-37(42)41(48)44-39(46)34-32-30-28-26-24-22-20-18-16-14-12-10-8-6-4-2/h37H,3-36,42H2,1-2H3,(H,43,45,47)(H,44,46,48). The van der Waals surface area contributed by atoms with Crippen molar-refractivity contribution in [3.05, 3.63) is 0 Å². The molecule has 0 heterocycles. The summed E-state index contributed by atoms with van der Waals surface area (Å²) >= 11 is 0. The van der Waals surface area contributed by atoms with Gasteiger partial charge in [0.25, 0.3) is 0 Å². The molecule has 0 spiro atoms. The zero-order valence-corrected chi connectivity index (χ0v) is 31.8. The number of carbonyl (C=O) groups excluding carboxylic acids is 4. The maximum absolute atomic E-state index is 12.3. The summed E-state index contributed by atoms with van der Waals surface area (Å²) in [7, 11) is 0. The number of unbranched alkanes of at least 4 members (excludes halogenated alkanes) is 28. The minimum atomic E-state index is -0.952. The van der Waals surface area contributed by atoms with Crippen LogP contribution in [0.1, 0.15) is 232 Å². The van der Waals surface area contributed by atoms with Gasteiger partial charge in [-0.1, -0.05) is 194 Å². The van der Waals surface area contributed by atoms with Gasteiger partial charge >= 0.3 is 0 Å². The Hall–Kier alpha value is -1.76. The molecule has 0 aromatic heterocycles. The van der Waals surface area contributed by atoms with Crippen LogP contribution in [0, 0.1) is 0 Å². The highest BCUT2D eigenvalue weighted by Gasteiger charge is 2.18. The molecular formula is C41H79N3O4. The summed E-state index contributed by atoms with van der Waals surface area (Å²) in [5.41, 5.74) is 5.90. The van der Waals surface area contributed by atoms with Gasteiger partial charge in [-0.2, -0.15) is 0 Å². The Morgan fingerprint density at radius 1 is 0.375 bits per heavy atom. The van der Waals surface area contributed by atoms with Crippen LogP contribution in [0.5, 0.6) is 0 Å². The van der Waals surface area contributed by atoms with Gasteiger partial charge in [-0.15, -0.1) is 0 Å². The van der Waals surface area contributed by atoms with Gasteiger partial charge in [-0.25, -0.2) is 0 Å². The lowest BCUT2D eigenvalue weighted by Crippen LogP contribution is -2.44. The van der Waals surface area contributed by atoms with E-state index in [0.29, 0.717) is 12.8 Å². The molecule has 4 amide bonds. The fourth-order valence-electron chi connectivity index (χ4n) is 6.30. The summed E-state index contributed by atoms with van der Waals surface area (Å²) < 4.78 is 0. The maximum atomic E-state index is 12.3. The van der Waals surface area contributed by atoms with Gasteiger partial charge in [-0.05, 0) is 19.3 Å². The lowest BCUT2D eigenvalue weighted by molar-refractivity contribution is -0.131. The number of imide groups is 2. The van der Waals surface area contributed by atoms with Crippen molar-refractivity contribution in [3.8, 4) is 0 Å². The minimum absolute atomic E-state index is 0.0214. The van der Waals surface area contributed by atoms with Crippen molar-refractivity contribution in [1.29, 1.82) is 0 Å². The fraction of sp³-hybridized carbons (Fsp3) is 0.902. The third-order valence-corrected chi connectivity index (χ3v) is 9.58. The molecule has 0 aliphatic heterocycles. The summed E-state index contributed by atoms with van der Waals surface area (Å²) in [5, 5.41) is 4.77. The SMILES string of the molecule is CCCCCCCCCCCCCCCCCC(=O)NC(=O)CCC(N)C(=O)NC(=O)CCCCCCCCCCCCCCCCC. The van der Waals surface area contributed by atoms with Crippen LogP contribution in [0.25, 0.3) is 0 Å². The molecule has 0 aliphatic carbocycles. The van der Waals surface area contributed by atoms with Gasteiger partial charge in [-0.3, -0.25) is 29.8 Å². The highest BCUT2D eigenvalue weighted by molar-refractivity contribution is 5.98. The lowest BCUT2D eigenvalue weighted by Gasteiger charge is -2.11. The van der Waals surface area contributed by atoms with Crippen molar-refractivity contribution < 1.29 is 19.2 Å². The first-order valence-electron chi connectivity index (χ1n) is 20.8. The molecule has 0 rings (SSSR count). The van der Waals surface area contributed by atoms with E-state index < -0.39 is 17.9 Å². The van der Waals surface area contributed by atoms with E-state index in [1.807, 2.05) is 0 Å². The average molecular weight is 678 g/mol. The summed E-state index contributed by atoms with van der Waals surface area (Å²) in [5.74, 6) is -1.56. The summed E-state index contributed by atoms with van der Waals surface area (Å²) in [6.45, 7) is 4.52. The van der Waals surface area contributed by atoms with Crippen LogP contribution >= 0.6 is 0 Å². The fourth-order valence-corrected chi connectivity index (χ4v) is 6.30. The van der Waals surface area contributed by atoms with Crippen LogP contribution in [0.2, 0.25) is 0 Å². The van der Waals surface area contributed by atoms with E-state index in [-0.39, 0.29) is 24.7 Å². The Kier molecular flexibility index (Phi) is 35.2. The van der Waals surface area contributed by atoms with E-state index >= 15 is 0 Å². The Balaban J connectivity index is 3.60. The van der Waals surface area contributed by atoms with E-state index in [4.69, 9.17) is 5.73 Å². The van der Waals surface area contributed by atoms with Crippen LogP contribution in [0.4, 0.5) is 0 Å². The second kappa shape index (κ2) is 36.5.